The standard InChI is InChI=1S/C37H40FN3O5S/c1-27-12-14-29(15-13-27)25-40(35(24-28-8-4-3-5-9-28)37(43)39-31-10-6-7-11-31)36(42)26-41(32-18-16-30(38)17-19-32)47(44,45)34-22-20-33(46-2)21-23-34/h3-5,8-9,12-23,31,35H,6-7,10-11,24-26H2,1-2H3,(H,39,43)/t35-/m0/s1. The quantitative estimate of drug-likeness (QED) is 0.189. The van der Waals surface area contributed by atoms with E-state index >= 15 is 0 Å². The number of anilines is 1. The number of nitrogens with zero attached hydrogens (tertiary/aromatic N) is 2. The van der Waals surface area contributed by atoms with Crippen molar-refractivity contribution in [3.8, 4) is 5.75 Å². The van der Waals surface area contributed by atoms with Gasteiger partial charge >= 0.3 is 0 Å². The monoisotopic (exact) mass is 657 g/mol. The zero-order chi connectivity index (χ0) is 33.4. The van der Waals surface area contributed by atoms with Gasteiger partial charge in [0, 0.05) is 19.0 Å². The first-order chi connectivity index (χ1) is 22.6. The molecule has 1 aliphatic rings. The van der Waals surface area contributed by atoms with E-state index in [4.69, 9.17) is 4.74 Å². The molecule has 1 saturated carbocycles. The number of nitrogens with one attached hydrogen (secondary N) is 1. The molecule has 2 amide bonds. The first kappa shape index (κ1) is 33.7. The van der Waals surface area contributed by atoms with Crippen molar-refractivity contribution >= 4 is 27.5 Å². The molecule has 47 heavy (non-hydrogen) atoms. The fourth-order valence-electron chi connectivity index (χ4n) is 5.82. The van der Waals surface area contributed by atoms with E-state index in [1.54, 1.807) is 0 Å². The van der Waals surface area contributed by atoms with Gasteiger partial charge in [-0.05, 0) is 79.4 Å². The highest BCUT2D eigenvalue weighted by Crippen LogP contribution is 2.27. The molecule has 1 atom stereocenters. The van der Waals surface area contributed by atoms with Crippen LogP contribution in [0.4, 0.5) is 10.1 Å². The SMILES string of the molecule is COc1ccc(S(=O)(=O)N(CC(=O)N(Cc2ccc(C)cc2)[C@@H](Cc2ccccc2)C(=O)NC2CCCC2)c2ccc(F)cc2)cc1. The van der Waals surface area contributed by atoms with Gasteiger partial charge in [0.15, 0.2) is 0 Å². The van der Waals surface area contributed by atoms with Gasteiger partial charge in [-0.25, -0.2) is 12.8 Å². The van der Waals surface area contributed by atoms with Crippen LogP contribution in [-0.4, -0.2) is 50.9 Å². The molecule has 4 aromatic rings. The number of rotatable bonds is 13. The number of hydrogen-bond donors (Lipinski definition) is 1. The second-order valence-electron chi connectivity index (χ2n) is 11.9. The number of hydrogen-bond acceptors (Lipinski definition) is 5. The van der Waals surface area contributed by atoms with Crippen LogP contribution in [0.3, 0.4) is 0 Å². The fourth-order valence-corrected chi connectivity index (χ4v) is 7.24. The van der Waals surface area contributed by atoms with E-state index in [2.05, 4.69) is 5.32 Å². The predicted octanol–water partition coefficient (Wildman–Crippen LogP) is 6.04. The summed E-state index contributed by atoms with van der Waals surface area (Å²) in [6, 6.07) is 27.0. The van der Waals surface area contributed by atoms with Crippen LogP contribution < -0.4 is 14.4 Å². The van der Waals surface area contributed by atoms with Crippen molar-refractivity contribution in [3.05, 3.63) is 126 Å². The van der Waals surface area contributed by atoms with Crippen LogP contribution in [0.2, 0.25) is 0 Å². The van der Waals surface area contributed by atoms with Gasteiger partial charge in [0.25, 0.3) is 10.0 Å². The van der Waals surface area contributed by atoms with E-state index in [9.17, 15) is 22.4 Å². The lowest BCUT2D eigenvalue weighted by Gasteiger charge is -2.34. The Kier molecular flexibility index (Phi) is 10.9. The smallest absolute Gasteiger partial charge is 0.264 e. The number of carbonyl (C=O) groups excluding carboxylic acids is 2. The fraction of sp³-hybridized carbons (Fsp3) is 0.297. The molecule has 4 aromatic carbocycles. The zero-order valence-corrected chi connectivity index (χ0v) is 27.5. The minimum atomic E-state index is -4.32. The van der Waals surface area contributed by atoms with Crippen LogP contribution >= 0.6 is 0 Å². The van der Waals surface area contributed by atoms with E-state index in [0.717, 1.165) is 58.8 Å². The van der Waals surface area contributed by atoms with Gasteiger partial charge in [-0.3, -0.25) is 13.9 Å². The molecular weight excluding hydrogens is 617 g/mol. The summed E-state index contributed by atoms with van der Waals surface area (Å²) in [5.74, 6) is -0.939. The summed E-state index contributed by atoms with van der Waals surface area (Å²) in [6.07, 6.45) is 4.02. The Morgan fingerprint density at radius 2 is 1.51 bits per heavy atom. The molecule has 0 radical (unpaired) electrons. The van der Waals surface area contributed by atoms with Crippen molar-refractivity contribution in [2.24, 2.45) is 0 Å². The molecule has 0 saturated heterocycles. The Hall–Kier alpha value is -4.70. The number of sulfonamides is 1. The lowest BCUT2D eigenvalue weighted by molar-refractivity contribution is -0.140. The number of methoxy groups -OCH3 is 1. The first-order valence-corrected chi connectivity index (χ1v) is 17.2. The Morgan fingerprint density at radius 3 is 2.13 bits per heavy atom. The third-order valence-electron chi connectivity index (χ3n) is 8.49. The first-order valence-electron chi connectivity index (χ1n) is 15.8. The number of halogens is 1. The molecule has 0 unspecified atom stereocenters. The Bertz CT molecular complexity index is 1740. The third-order valence-corrected chi connectivity index (χ3v) is 10.3. The number of ether oxygens (including phenoxy) is 1. The molecule has 8 nitrogen and oxygen atoms in total. The Labute approximate surface area is 276 Å². The molecule has 5 rings (SSSR count). The maximum Gasteiger partial charge on any atom is 0.264 e. The largest absolute Gasteiger partial charge is 0.497 e. The molecule has 1 N–H and O–H groups in total. The molecule has 0 bridgehead atoms. The molecule has 0 heterocycles. The highest BCUT2D eigenvalue weighted by atomic mass is 32.2. The molecule has 0 aromatic heterocycles. The Morgan fingerprint density at radius 1 is 0.872 bits per heavy atom. The van der Waals surface area contributed by atoms with Crippen molar-refractivity contribution in [1.82, 2.24) is 10.2 Å². The van der Waals surface area contributed by atoms with Crippen LogP contribution in [0.1, 0.15) is 42.4 Å². The summed E-state index contributed by atoms with van der Waals surface area (Å²) in [5.41, 5.74) is 2.81. The molecule has 1 fully saturated rings. The van der Waals surface area contributed by atoms with Gasteiger partial charge in [-0.2, -0.15) is 0 Å². The van der Waals surface area contributed by atoms with Crippen LogP contribution in [0.15, 0.2) is 108 Å². The van der Waals surface area contributed by atoms with E-state index in [0.29, 0.717) is 5.75 Å². The molecule has 1 aliphatic carbocycles. The second-order valence-corrected chi connectivity index (χ2v) is 13.7. The number of aryl methyl sites for hydroxylation is 1. The van der Waals surface area contributed by atoms with Crippen LogP contribution in [-0.2, 0) is 32.6 Å². The zero-order valence-electron chi connectivity index (χ0n) is 26.6. The van der Waals surface area contributed by atoms with Crippen molar-refractivity contribution in [2.75, 3.05) is 18.0 Å². The summed E-state index contributed by atoms with van der Waals surface area (Å²) in [4.78, 5) is 30.0. The molecule has 246 valence electrons. The summed E-state index contributed by atoms with van der Waals surface area (Å²) in [6.45, 7) is 1.42. The van der Waals surface area contributed by atoms with Gasteiger partial charge in [0.2, 0.25) is 11.8 Å². The molecular formula is C37H40FN3O5S. The average molecular weight is 658 g/mol. The minimum Gasteiger partial charge on any atom is -0.497 e. The maximum absolute atomic E-state index is 14.6. The number of carbonyl (C=O) groups is 2. The maximum atomic E-state index is 14.6. The third kappa shape index (κ3) is 8.56. The van der Waals surface area contributed by atoms with E-state index < -0.39 is 34.3 Å². The van der Waals surface area contributed by atoms with Gasteiger partial charge in [0.05, 0.1) is 17.7 Å². The topological polar surface area (TPSA) is 96.0 Å². The van der Waals surface area contributed by atoms with E-state index in [-0.39, 0.29) is 35.5 Å². The van der Waals surface area contributed by atoms with Crippen molar-refractivity contribution < 1.29 is 27.1 Å². The van der Waals surface area contributed by atoms with Gasteiger partial charge < -0.3 is 15.0 Å². The number of benzene rings is 4. The number of amides is 2. The summed E-state index contributed by atoms with van der Waals surface area (Å²) < 4.78 is 48.4. The molecule has 0 aliphatic heterocycles. The highest BCUT2D eigenvalue weighted by Gasteiger charge is 2.35. The van der Waals surface area contributed by atoms with Crippen molar-refractivity contribution in [1.29, 1.82) is 0 Å². The van der Waals surface area contributed by atoms with Gasteiger partial charge in [-0.15, -0.1) is 0 Å². The van der Waals surface area contributed by atoms with E-state index in [1.165, 1.54) is 48.4 Å². The summed E-state index contributed by atoms with van der Waals surface area (Å²) in [5, 5.41) is 3.17. The van der Waals surface area contributed by atoms with Gasteiger partial charge in [0.1, 0.15) is 24.2 Å². The second kappa shape index (κ2) is 15.3. The highest BCUT2D eigenvalue weighted by molar-refractivity contribution is 7.92. The normalized spacial score (nSPS) is 13.9. The predicted molar refractivity (Wildman–Crippen MR) is 180 cm³/mol. The van der Waals surface area contributed by atoms with Crippen LogP contribution in [0.5, 0.6) is 5.75 Å². The van der Waals surface area contributed by atoms with Gasteiger partial charge in [-0.1, -0.05) is 73.0 Å². The lowest BCUT2D eigenvalue weighted by Crippen LogP contribution is -2.54. The van der Waals surface area contributed by atoms with E-state index in [1.807, 2.05) is 61.5 Å². The molecule has 0 spiro atoms. The van der Waals surface area contributed by atoms with Crippen LogP contribution in [0, 0.1) is 12.7 Å². The summed E-state index contributed by atoms with van der Waals surface area (Å²) in [7, 11) is -2.84. The summed E-state index contributed by atoms with van der Waals surface area (Å²) >= 11 is 0. The van der Waals surface area contributed by atoms with Crippen molar-refractivity contribution in [3.63, 3.8) is 0 Å². The molecule has 10 heteroatoms. The van der Waals surface area contributed by atoms with Crippen molar-refractivity contribution in [2.45, 2.75) is 62.6 Å². The lowest BCUT2D eigenvalue weighted by atomic mass is 10.0. The van der Waals surface area contributed by atoms with Crippen LogP contribution in [0.25, 0.3) is 0 Å². The minimum absolute atomic E-state index is 0.0169. The Balaban J connectivity index is 1.55. The average Bonchev–Trinajstić information content (AvgIpc) is 3.60.